The van der Waals surface area contributed by atoms with Gasteiger partial charge < -0.3 is 5.11 Å². The predicted molar refractivity (Wildman–Crippen MR) is 51.6 cm³/mol. The van der Waals surface area contributed by atoms with Gasteiger partial charge >= 0.3 is 0 Å². The molecule has 12 heavy (non-hydrogen) atoms. The lowest BCUT2D eigenvalue weighted by atomic mass is 10.2. The fourth-order valence-electron chi connectivity index (χ4n) is 1.65. The first-order chi connectivity index (χ1) is 5.66. The number of hydrogen-bond acceptors (Lipinski definition) is 2. The van der Waals surface area contributed by atoms with Crippen LogP contribution in [0.5, 0.6) is 0 Å². The summed E-state index contributed by atoms with van der Waals surface area (Å²) in [5.74, 6) is 0.451. The van der Waals surface area contributed by atoms with Gasteiger partial charge in [0, 0.05) is 4.88 Å². The first-order valence-corrected chi connectivity index (χ1v) is 5.34. The molecule has 1 fully saturated rings. The molecule has 0 spiro atoms. The number of thiophene rings is 1. The Hall–Kier alpha value is -0.0500. The molecule has 0 aromatic carbocycles. The number of halogens is 1. The Kier molecular flexibility index (Phi) is 1.94. The molecule has 1 aromatic heterocycles. The van der Waals surface area contributed by atoms with E-state index < -0.39 is 5.60 Å². The van der Waals surface area contributed by atoms with Gasteiger partial charge in [-0.2, -0.15) is 0 Å². The summed E-state index contributed by atoms with van der Waals surface area (Å²) in [7, 11) is 0. The summed E-state index contributed by atoms with van der Waals surface area (Å²) >= 11 is 7.28. The first-order valence-electron chi connectivity index (χ1n) is 4.15. The smallest absolute Gasteiger partial charge is 0.102 e. The van der Waals surface area contributed by atoms with Crippen LogP contribution in [0.25, 0.3) is 0 Å². The van der Waals surface area contributed by atoms with Gasteiger partial charge in [0.05, 0.1) is 4.34 Å². The molecule has 66 valence electrons. The van der Waals surface area contributed by atoms with Crippen LogP contribution in [0.2, 0.25) is 4.34 Å². The van der Waals surface area contributed by atoms with E-state index in [2.05, 4.69) is 6.92 Å². The van der Waals surface area contributed by atoms with Crippen LogP contribution >= 0.6 is 22.9 Å². The van der Waals surface area contributed by atoms with Gasteiger partial charge in [0.2, 0.25) is 0 Å². The van der Waals surface area contributed by atoms with E-state index in [1.165, 1.54) is 11.3 Å². The van der Waals surface area contributed by atoms with Crippen LogP contribution in [0, 0.1) is 5.92 Å². The average molecular weight is 203 g/mol. The van der Waals surface area contributed by atoms with E-state index in [1.54, 1.807) is 0 Å². The van der Waals surface area contributed by atoms with Crippen molar-refractivity contribution in [2.24, 2.45) is 5.92 Å². The third-order valence-corrected chi connectivity index (χ3v) is 3.96. The minimum atomic E-state index is -0.535. The Balaban J connectivity index is 2.22. The SMILES string of the molecule is CCC1CC1(O)c1ccc(Cl)s1. The molecule has 2 atom stereocenters. The van der Waals surface area contributed by atoms with Crippen molar-refractivity contribution in [3.63, 3.8) is 0 Å². The summed E-state index contributed by atoms with van der Waals surface area (Å²) in [6, 6.07) is 3.78. The maximum atomic E-state index is 10.0. The van der Waals surface area contributed by atoms with Gasteiger partial charge in [-0.1, -0.05) is 24.9 Å². The number of hydrogen-bond donors (Lipinski definition) is 1. The highest BCUT2D eigenvalue weighted by atomic mass is 35.5. The van der Waals surface area contributed by atoms with Gasteiger partial charge in [-0.3, -0.25) is 0 Å². The molecule has 0 amide bonds. The summed E-state index contributed by atoms with van der Waals surface area (Å²) in [6.45, 7) is 2.11. The quantitative estimate of drug-likeness (QED) is 0.782. The molecule has 0 radical (unpaired) electrons. The van der Waals surface area contributed by atoms with Crippen LogP contribution in [0.4, 0.5) is 0 Å². The Morgan fingerprint density at radius 2 is 2.50 bits per heavy atom. The molecule has 1 aliphatic rings. The van der Waals surface area contributed by atoms with E-state index >= 15 is 0 Å². The molecule has 0 bridgehead atoms. The third-order valence-electron chi connectivity index (χ3n) is 2.57. The molecule has 1 N–H and O–H groups in total. The van der Waals surface area contributed by atoms with Crippen molar-refractivity contribution in [1.29, 1.82) is 0 Å². The molecule has 3 heteroatoms. The minimum absolute atomic E-state index is 0.451. The monoisotopic (exact) mass is 202 g/mol. The van der Waals surface area contributed by atoms with Gasteiger partial charge in [0.15, 0.2) is 0 Å². The highest BCUT2D eigenvalue weighted by molar-refractivity contribution is 7.16. The van der Waals surface area contributed by atoms with Gasteiger partial charge in [-0.15, -0.1) is 11.3 Å². The molecule has 0 saturated heterocycles. The summed E-state index contributed by atoms with van der Waals surface area (Å²) in [4.78, 5) is 1.03. The highest BCUT2D eigenvalue weighted by Gasteiger charge is 2.53. The molecule has 2 rings (SSSR count). The van der Waals surface area contributed by atoms with E-state index in [0.717, 1.165) is 22.1 Å². The largest absolute Gasteiger partial charge is 0.384 e. The summed E-state index contributed by atoms with van der Waals surface area (Å²) in [6.07, 6.45) is 1.95. The lowest BCUT2D eigenvalue weighted by Crippen LogP contribution is -2.05. The second-order valence-corrected chi connectivity index (χ2v) is 5.05. The maximum Gasteiger partial charge on any atom is 0.102 e. The first kappa shape index (κ1) is 8.54. The van der Waals surface area contributed by atoms with Gasteiger partial charge in [0.25, 0.3) is 0 Å². The summed E-state index contributed by atoms with van der Waals surface area (Å²) in [5, 5.41) is 10.0. The fraction of sp³-hybridized carbons (Fsp3) is 0.556. The van der Waals surface area contributed by atoms with Crippen LogP contribution in [0.3, 0.4) is 0 Å². The minimum Gasteiger partial charge on any atom is -0.384 e. The zero-order valence-corrected chi connectivity index (χ0v) is 8.45. The third kappa shape index (κ3) is 1.18. The maximum absolute atomic E-state index is 10.0. The van der Waals surface area contributed by atoms with Crippen molar-refractivity contribution < 1.29 is 5.11 Å². The molecule has 1 aliphatic carbocycles. The van der Waals surface area contributed by atoms with Crippen LogP contribution < -0.4 is 0 Å². The molecule has 1 heterocycles. The molecular formula is C9H11ClOS. The van der Waals surface area contributed by atoms with Crippen LogP contribution in [0.1, 0.15) is 24.6 Å². The van der Waals surface area contributed by atoms with E-state index in [1.807, 2.05) is 12.1 Å². The van der Waals surface area contributed by atoms with Crippen molar-refractivity contribution in [2.45, 2.75) is 25.4 Å². The second kappa shape index (κ2) is 2.72. The summed E-state index contributed by atoms with van der Waals surface area (Å²) in [5.41, 5.74) is -0.535. The Morgan fingerprint density at radius 1 is 1.75 bits per heavy atom. The molecule has 1 saturated carbocycles. The molecule has 0 aliphatic heterocycles. The zero-order chi connectivity index (χ0) is 8.77. The van der Waals surface area contributed by atoms with E-state index in [9.17, 15) is 5.11 Å². The average Bonchev–Trinajstić information content (AvgIpc) is 2.50. The second-order valence-electron chi connectivity index (χ2n) is 3.34. The Morgan fingerprint density at radius 3 is 2.92 bits per heavy atom. The lowest BCUT2D eigenvalue weighted by molar-refractivity contribution is 0.134. The van der Waals surface area contributed by atoms with Gasteiger partial charge in [-0.05, 0) is 24.5 Å². The van der Waals surface area contributed by atoms with E-state index in [4.69, 9.17) is 11.6 Å². The van der Waals surface area contributed by atoms with Crippen molar-refractivity contribution in [3.8, 4) is 0 Å². The van der Waals surface area contributed by atoms with Gasteiger partial charge in [-0.25, -0.2) is 0 Å². The topological polar surface area (TPSA) is 20.2 Å². The molecular weight excluding hydrogens is 192 g/mol. The molecule has 2 unspecified atom stereocenters. The molecule has 1 aromatic rings. The fourth-order valence-corrected chi connectivity index (χ4v) is 2.87. The van der Waals surface area contributed by atoms with E-state index in [0.29, 0.717) is 5.92 Å². The Labute approximate surface area is 81.0 Å². The number of rotatable bonds is 2. The van der Waals surface area contributed by atoms with Gasteiger partial charge in [0.1, 0.15) is 5.60 Å². The predicted octanol–water partition coefficient (Wildman–Crippen LogP) is 3.02. The summed E-state index contributed by atoms with van der Waals surface area (Å²) < 4.78 is 0.764. The zero-order valence-electron chi connectivity index (χ0n) is 6.88. The molecule has 1 nitrogen and oxygen atoms in total. The van der Waals surface area contributed by atoms with Crippen LogP contribution in [-0.4, -0.2) is 5.11 Å². The van der Waals surface area contributed by atoms with Crippen LogP contribution in [0.15, 0.2) is 12.1 Å². The normalized spacial score (nSPS) is 33.8. The lowest BCUT2D eigenvalue weighted by Gasteiger charge is -2.05. The van der Waals surface area contributed by atoms with Crippen molar-refractivity contribution in [1.82, 2.24) is 0 Å². The number of aliphatic hydroxyl groups is 1. The van der Waals surface area contributed by atoms with Crippen molar-refractivity contribution in [2.75, 3.05) is 0 Å². The van der Waals surface area contributed by atoms with E-state index in [-0.39, 0.29) is 0 Å². The highest BCUT2D eigenvalue weighted by Crippen LogP contribution is 2.55. The standard InChI is InChI=1S/C9H11ClOS/c1-2-6-5-9(6,11)7-3-4-8(10)12-7/h3-4,6,11H,2,5H2,1H3. The van der Waals surface area contributed by atoms with Crippen molar-refractivity contribution >= 4 is 22.9 Å². The Bertz CT molecular complexity index is 296. The van der Waals surface area contributed by atoms with Crippen LogP contribution in [-0.2, 0) is 5.60 Å². The van der Waals surface area contributed by atoms with Crippen molar-refractivity contribution in [3.05, 3.63) is 21.3 Å².